The lowest BCUT2D eigenvalue weighted by Gasteiger charge is -2.31. The van der Waals surface area contributed by atoms with Gasteiger partial charge in [0.1, 0.15) is 0 Å². The number of pyridine rings is 1. The molecule has 0 spiro atoms. The average molecular weight is 521 g/mol. The molecule has 2 N–H and O–H groups in total. The van der Waals surface area contributed by atoms with Crippen LogP contribution in [0.2, 0.25) is 0 Å². The summed E-state index contributed by atoms with van der Waals surface area (Å²) in [6.45, 7) is 20.3. The van der Waals surface area contributed by atoms with E-state index in [1.807, 2.05) is 72.0 Å². The molecule has 2 aromatic carbocycles. The first-order valence-electron chi connectivity index (χ1n) is 14.3. The van der Waals surface area contributed by atoms with Crippen molar-refractivity contribution in [2.24, 2.45) is 0 Å². The third-order valence-corrected chi connectivity index (χ3v) is 6.96. The van der Waals surface area contributed by atoms with Gasteiger partial charge in [-0.3, -0.25) is 10.3 Å². The van der Waals surface area contributed by atoms with Crippen molar-refractivity contribution < 1.29 is 11.3 Å². The number of aromatic nitrogens is 1. The van der Waals surface area contributed by atoms with Crippen molar-refractivity contribution >= 4 is 0 Å². The number of nitrogens with one attached hydrogen (secondary N) is 1. The lowest BCUT2D eigenvalue weighted by atomic mass is 9.94. The smallest absolute Gasteiger partial charge is 0.0942 e. The molecule has 38 heavy (non-hydrogen) atoms. The maximum Gasteiger partial charge on any atom is 0.0942 e. The highest BCUT2D eigenvalue weighted by Gasteiger charge is 2.47. The second-order valence-electron chi connectivity index (χ2n) is 10.8. The molecule has 3 aromatic rings. The quantitative estimate of drug-likeness (QED) is 0.296. The van der Waals surface area contributed by atoms with E-state index >= 15 is 0 Å². The molecule has 1 unspecified atom stereocenters. The summed E-state index contributed by atoms with van der Waals surface area (Å²) in [4.78, 5) is 4.55. The van der Waals surface area contributed by atoms with Crippen molar-refractivity contribution in [2.45, 2.75) is 111 Å². The predicted molar refractivity (Wildman–Crippen MR) is 162 cm³/mol. The van der Waals surface area contributed by atoms with E-state index in [2.05, 4.69) is 80.5 Å². The molecular weight excluding hydrogens is 468 g/mol. The lowest BCUT2D eigenvalue weighted by molar-refractivity contribution is -0.0259. The number of benzene rings is 2. The summed E-state index contributed by atoms with van der Waals surface area (Å²) in [6, 6.07) is 23.1. The van der Waals surface area contributed by atoms with E-state index < -0.39 is 5.60 Å². The average Bonchev–Trinajstić information content (AvgIpc) is 3.71. The molecule has 1 heterocycles. The molecule has 4 nitrogen and oxygen atoms in total. The molecular formula is C34H52N2O2. The number of hydrogen-bond acceptors (Lipinski definition) is 4. The third kappa shape index (κ3) is 7.99. The maximum absolute atomic E-state index is 10.4. The number of hydrogen-bond donors (Lipinski definition) is 2. The van der Waals surface area contributed by atoms with E-state index in [0.29, 0.717) is 0 Å². The summed E-state index contributed by atoms with van der Waals surface area (Å²) in [5.74, 6) is 0. The van der Waals surface area contributed by atoms with Gasteiger partial charge in [-0.05, 0) is 88.8 Å². The summed E-state index contributed by atoms with van der Waals surface area (Å²) in [5.41, 5.74) is 4.15. The van der Waals surface area contributed by atoms with E-state index in [9.17, 15) is 5.11 Å². The predicted octanol–water partition coefficient (Wildman–Crippen LogP) is 8.96. The molecule has 1 fully saturated rings. The molecule has 1 saturated carbocycles. The Hall–Kier alpha value is -2.53. The fourth-order valence-electron chi connectivity index (χ4n) is 4.69. The van der Waals surface area contributed by atoms with Crippen molar-refractivity contribution in [2.75, 3.05) is 0 Å². The summed E-state index contributed by atoms with van der Waals surface area (Å²) in [7, 11) is 0. The van der Waals surface area contributed by atoms with Gasteiger partial charge in [0.2, 0.25) is 0 Å². The molecule has 0 amide bonds. The minimum absolute atomic E-state index is 0. The summed E-state index contributed by atoms with van der Waals surface area (Å²) >= 11 is 0. The largest absolute Gasteiger partial charge is 0.386 e. The first-order chi connectivity index (χ1) is 18.0. The summed E-state index contributed by atoms with van der Waals surface area (Å²) < 4.78 is 6.68. The molecule has 4 rings (SSSR count). The summed E-state index contributed by atoms with van der Waals surface area (Å²) in [6.07, 6.45) is 3.82. The fraction of sp³-hybridized carbons (Fsp3) is 0.500. The standard InChI is InChI=1S/C30H38N2O2.2C2H6.H2/c1-21(32-28(3,4)27-15-7-8-18-31-27)23-11-9-14-26(19-23)30(16-17-30)34-22(2)24-12-10-13-25(20-24)29(5,6)33;2*1-2;/h7-15,18-22,32-33H,16-17H2,1-6H3;2*1-2H3;1H/t21-,22?;;;/m1.../s1. The van der Waals surface area contributed by atoms with Crippen LogP contribution in [0, 0.1) is 0 Å². The van der Waals surface area contributed by atoms with Gasteiger partial charge in [0.15, 0.2) is 0 Å². The Balaban J connectivity index is 0.00000145. The monoisotopic (exact) mass is 520 g/mol. The zero-order valence-electron chi connectivity index (χ0n) is 25.3. The van der Waals surface area contributed by atoms with Gasteiger partial charge in [0.25, 0.3) is 0 Å². The normalized spacial score (nSPS) is 15.8. The van der Waals surface area contributed by atoms with Crippen LogP contribution in [-0.2, 0) is 21.5 Å². The van der Waals surface area contributed by atoms with Crippen LogP contribution >= 0.6 is 0 Å². The number of ether oxygens (including phenoxy) is 1. The Kier molecular flexibility index (Phi) is 11.3. The van der Waals surface area contributed by atoms with Crippen LogP contribution in [0.3, 0.4) is 0 Å². The Morgan fingerprint density at radius 1 is 0.868 bits per heavy atom. The van der Waals surface area contributed by atoms with Crippen molar-refractivity contribution in [3.05, 3.63) is 101 Å². The van der Waals surface area contributed by atoms with Crippen molar-refractivity contribution in [1.82, 2.24) is 10.3 Å². The van der Waals surface area contributed by atoms with Gasteiger partial charge in [0.05, 0.1) is 28.5 Å². The molecule has 0 aliphatic heterocycles. The second-order valence-corrected chi connectivity index (χ2v) is 10.8. The van der Waals surface area contributed by atoms with Crippen LogP contribution in [0.25, 0.3) is 0 Å². The van der Waals surface area contributed by atoms with Crippen LogP contribution < -0.4 is 5.32 Å². The molecule has 0 saturated heterocycles. The molecule has 1 aromatic heterocycles. The summed E-state index contributed by atoms with van der Waals surface area (Å²) in [5, 5.41) is 14.2. The topological polar surface area (TPSA) is 54.4 Å². The van der Waals surface area contributed by atoms with E-state index in [1.165, 1.54) is 11.1 Å². The number of aliphatic hydroxyl groups is 1. The Morgan fingerprint density at radius 2 is 1.50 bits per heavy atom. The third-order valence-electron chi connectivity index (χ3n) is 6.96. The molecule has 0 radical (unpaired) electrons. The Bertz CT molecular complexity index is 1120. The van der Waals surface area contributed by atoms with Gasteiger partial charge >= 0.3 is 0 Å². The van der Waals surface area contributed by atoms with Crippen LogP contribution in [-0.4, -0.2) is 10.1 Å². The number of nitrogens with zero attached hydrogens (tertiary/aromatic N) is 1. The van der Waals surface area contributed by atoms with Crippen LogP contribution in [0.5, 0.6) is 0 Å². The first-order valence-corrected chi connectivity index (χ1v) is 14.3. The second kappa shape index (κ2) is 13.5. The highest BCUT2D eigenvalue weighted by atomic mass is 16.5. The minimum Gasteiger partial charge on any atom is -0.386 e. The molecule has 1 aliphatic carbocycles. The van der Waals surface area contributed by atoms with Crippen LogP contribution in [0.4, 0.5) is 0 Å². The zero-order chi connectivity index (χ0) is 28.6. The molecule has 4 heteroatoms. The van der Waals surface area contributed by atoms with Gasteiger partial charge in [-0.15, -0.1) is 0 Å². The van der Waals surface area contributed by atoms with E-state index in [-0.39, 0.29) is 24.7 Å². The van der Waals surface area contributed by atoms with Gasteiger partial charge < -0.3 is 9.84 Å². The Labute approximate surface area is 233 Å². The van der Waals surface area contributed by atoms with Gasteiger partial charge in [-0.25, -0.2) is 0 Å². The minimum atomic E-state index is -0.868. The number of rotatable bonds is 9. The van der Waals surface area contributed by atoms with Crippen molar-refractivity contribution in [3.8, 4) is 0 Å². The highest BCUT2D eigenvalue weighted by Crippen LogP contribution is 2.52. The highest BCUT2D eigenvalue weighted by molar-refractivity contribution is 5.35. The van der Waals surface area contributed by atoms with Crippen molar-refractivity contribution in [1.29, 1.82) is 0 Å². The van der Waals surface area contributed by atoms with Crippen LogP contribution in [0.1, 0.15) is 124 Å². The zero-order valence-corrected chi connectivity index (χ0v) is 25.3. The maximum atomic E-state index is 10.4. The van der Waals surface area contributed by atoms with Crippen LogP contribution in [0.15, 0.2) is 72.9 Å². The molecule has 2 atom stereocenters. The van der Waals surface area contributed by atoms with E-state index in [4.69, 9.17) is 4.74 Å². The van der Waals surface area contributed by atoms with Gasteiger partial charge in [0, 0.05) is 13.7 Å². The van der Waals surface area contributed by atoms with Gasteiger partial charge in [-0.2, -0.15) is 0 Å². The lowest BCUT2D eigenvalue weighted by Crippen LogP contribution is -2.39. The van der Waals surface area contributed by atoms with E-state index in [1.54, 1.807) is 0 Å². The Morgan fingerprint density at radius 3 is 2.08 bits per heavy atom. The first kappa shape index (κ1) is 31.7. The van der Waals surface area contributed by atoms with Crippen molar-refractivity contribution in [3.63, 3.8) is 0 Å². The fourth-order valence-corrected chi connectivity index (χ4v) is 4.69. The SMILES string of the molecule is CC.CC.CC(OC1(c2cccc([C@@H](C)NC(C)(C)c3ccccn3)c2)CC1)c1cccc(C(C)(C)O)c1.[HH]. The molecule has 1 aliphatic rings. The molecule has 0 bridgehead atoms. The van der Waals surface area contributed by atoms with Gasteiger partial charge in [-0.1, -0.05) is 82.3 Å². The molecule has 210 valence electrons. The van der Waals surface area contributed by atoms with E-state index in [0.717, 1.165) is 29.7 Å².